The molecule has 0 aliphatic heterocycles. The summed E-state index contributed by atoms with van der Waals surface area (Å²) >= 11 is 2.82. The first kappa shape index (κ1) is 63.4. The summed E-state index contributed by atoms with van der Waals surface area (Å²) in [7, 11) is 0. The van der Waals surface area contributed by atoms with Gasteiger partial charge in [-0.05, 0) is 116 Å². The van der Waals surface area contributed by atoms with Gasteiger partial charge in [-0.3, -0.25) is 33.6 Å². The number of nitrogens with one attached hydrogen (secondary N) is 5. The molecule has 412 valence electrons. The molecule has 0 unspecified atom stereocenters. The number of rotatable bonds is 27. The molecule has 19 heteroatoms. The Hall–Kier alpha value is -5.92. The smallest absolute Gasteiger partial charge is 0.329 e. The zero-order valence-corrected chi connectivity index (χ0v) is 47.3. The van der Waals surface area contributed by atoms with Crippen molar-refractivity contribution in [2.24, 2.45) is 11.7 Å². The summed E-state index contributed by atoms with van der Waals surface area (Å²) in [6, 6.07) is 22.4. The fourth-order valence-corrected chi connectivity index (χ4v) is 9.69. The van der Waals surface area contributed by atoms with Gasteiger partial charge in [-0.1, -0.05) is 105 Å². The minimum atomic E-state index is -1.48. The lowest BCUT2D eigenvalue weighted by Gasteiger charge is -2.36. The van der Waals surface area contributed by atoms with Crippen molar-refractivity contribution in [2.75, 3.05) is 24.3 Å². The first-order valence-electron chi connectivity index (χ1n) is 25.2. The molecule has 0 saturated heterocycles. The van der Waals surface area contributed by atoms with Crippen LogP contribution in [0.25, 0.3) is 0 Å². The molecule has 0 saturated carbocycles. The molecule has 3 aromatic carbocycles. The molecule has 17 nitrogen and oxygen atoms in total. The molecule has 5 amide bonds. The summed E-state index contributed by atoms with van der Waals surface area (Å²) in [6.07, 6.45) is 1.20. The van der Waals surface area contributed by atoms with Crippen LogP contribution in [0.1, 0.15) is 125 Å². The zero-order chi connectivity index (χ0) is 56.1. The van der Waals surface area contributed by atoms with E-state index in [9.17, 15) is 38.4 Å². The van der Waals surface area contributed by atoms with Crippen molar-refractivity contribution in [3.63, 3.8) is 0 Å². The largest absolute Gasteiger partial charge is 0.460 e. The van der Waals surface area contributed by atoms with Gasteiger partial charge >= 0.3 is 17.9 Å². The summed E-state index contributed by atoms with van der Waals surface area (Å²) in [5.41, 5.74) is 6.01. The van der Waals surface area contributed by atoms with Crippen molar-refractivity contribution in [1.82, 2.24) is 26.6 Å². The SMILES string of the molecule is CSCC[C@H](N)C(=O)N[C@@H](CC(=O)OC(C)(C)C)C(=O)NCC(=O)N[C@@H](CSC(c1ccccc1)(c1ccccc1)c1ccccc1)C(=O)N[C@@H](CCC(=O)OC(C)(C)C)C(=O)N[C@@H](CC(C)C)C(=O)OC(C)(C)C. The third-order valence-corrected chi connectivity index (χ3v) is 13.2. The quantitative estimate of drug-likeness (QED) is 0.0287. The Morgan fingerprint density at radius 2 is 1.00 bits per heavy atom. The van der Waals surface area contributed by atoms with E-state index in [1.807, 2.05) is 111 Å². The molecule has 75 heavy (non-hydrogen) atoms. The first-order valence-corrected chi connectivity index (χ1v) is 27.6. The van der Waals surface area contributed by atoms with Gasteiger partial charge < -0.3 is 46.5 Å². The predicted molar refractivity (Wildman–Crippen MR) is 294 cm³/mol. The minimum absolute atomic E-state index is 0.0692. The summed E-state index contributed by atoms with van der Waals surface area (Å²) in [6.45, 7) is 18.2. The number of thioether (sulfide) groups is 2. The Balaban J connectivity index is 2.12. The number of esters is 3. The fourth-order valence-electron chi connectivity index (χ4n) is 7.64. The van der Waals surface area contributed by atoms with Crippen LogP contribution in [-0.2, 0) is 57.3 Å². The number of benzene rings is 3. The number of amides is 5. The number of carbonyl (C=O) groups is 8. The van der Waals surface area contributed by atoms with Crippen LogP contribution in [0.2, 0.25) is 0 Å². The van der Waals surface area contributed by atoms with Crippen molar-refractivity contribution in [1.29, 1.82) is 0 Å². The second kappa shape index (κ2) is 29.4. The lowest BCUT2D eigenvalue weighted by atomic mass is 9.84. The van der Waals surface area contributed by atoms with E-state index < -0.39 is 112 Å². The molecule has 0 fully saturated rings. The van der Waals surface area contributed by atoms with Gasteiger partial charge in [0.1, 0.15) is 41.0 Å². The highest BCUT2D eigenvalue weighted by Gasteiger charge is 2.40. The highest BCUT2D eigenvalue weighted by Crippen LogP contribution is 2.48. The van der Waals surface area contributed by atoms with Gasteiger partial charge in [-0.2, -0.15) is 11.8 Å². The molecule has 0 radical (unpaired) electrons. The molecule has 0 aliphatic rings. The van der Waals surface area contributed by atoms with Crippen LogP contribution in [0.15, 0.2) is 91.0 Å². The van der Waals surface area contributed by atoms with Crippen LogP contribution in [0, 0.1) is 5.92 Å². The third-order valence-electron chi connectivity index (χ3n) is 10.9. The molecule has 3 rings (SSSR count). The first-order chi connectivity index (χ1) is 35.0. The number of hydrogen-bond acceptors (Lipinski definition) is 14. The molecule has 0 aliphatic carbocycles. The molecular weight excluding hydrogens is 997 g/mol. The van der Waals surface area contributed by atoms with Gasteiger partial charge in [0.2, 0.25) is 29.5 Å². The molecule has 7 N–H and O–H groups in total. The maximum Gasteiger partial charge on any atom is 0.329 e. The van der Waals surface area contributed by atoms with E-state index >= 15 is 0 Å². The average Bonchev–Trinajstić information content (AvgIpc) is 3.32. The summed E-state index contributed by atoms with van der Waals surface area (Å²) in [5, 5.41) is 13.3. The standard InChI is InChI=1S/C56H80N6O11S2/c1-36(2)32-43(52(70)73-55(9,10)11)62-50(68)41(28-29-46(64)71-53(3,4)5)60-51(69)44(35-75-56(37-22-16-13-17-23-37,38-24-18-14-19-25-38)39-26-20-15-21-27-39)59-45(63)34-58-49(67)42(33-47(65)72-54(6,7)8)61-48(66)40(57)30-31-74-12/h13-27,36,40-44H,28-35,57H2,1-12H3,(H,58,67)(H,59,63)(H,60,69)(H,61,66)(H,62,68)/t40-,41-,42-,43-,44-/m0/s1. The Morgan fingerprint density at radius 1 is 0.547 bits per heavy atom. The Labute approximate surface area is 451 Å². The van der Waals surface area contributed by atoms with Gasteiger partial charge in [0.05, 0.1) is 23.8 Å². The fraction of sp³-hybridized carbons (Fsp3) is 0.536. The molecule has 0 spiro atoms. The van der Waals surface area contributed by atoms with E-state index in [1.165, 1.54) is 23.5 Å². The Kier molecular flexibility index (Phi) is 24.8. The number of carbonyl (C=O) groups excluding carboxylic acids is 8. The van der Waals surface area contributed by atoms with Crippen LogP contribution in [-0.4, -0.2) is 119 Å². The molecule has 0 bridgehead atoms. The molecule has 0 aromatic heterocycles. The van der Waals surface area contributed by atoms with Crippen LogP contribution >= 0.6 is 23.5 Å². The molecule has 3 aromatic rings. The minimum Gasteiger partial charge on any atom is -0.460 e. The second-order valence-electron chi connectivity index (χ2n) is 21.6. The van der Waals surface area contributed by atoms with E-state index in [0.29, 0.717) is 12.2 Å². The average molecular weight is 1080 g/mol. The van der Waals surface area contributed by atoms with Crippen LogP contribution in [0.5, 0.6) is 0 Å². The maximum absolute atomic E-state index is 15.0. The van der Waals surface area contributed by atoms with E-state index in [0.717, 1.165) is 16.7 Å². The van der Waals surface area contributed by atoms with Gasteiger partial charge in [-0.25, -0.2) is 4.79 Å². The summed E-state index contributed by atoms with van der Waals surface area (Å²) in [5.74, 6) is -5.79. The van der Waals surface area contributed by atoms with Crippen molar-refractivity contribution < 1.29 is 52.6 Å². The van der Waals surface area contributed by atoms with Crippen LogP contribution in [0.3, 0.4) is 0 Å². The number of hydrogen-bond donors (Lipinski definition) is 6. The molecular formula is C56H80N6O11S2. The number of nitrogens with two attached hydrogens (primary N) is 1. The van der Waals surface area contributed by atoms with E-state index in [4.69, 9.17) is 19.9 Å². The van der Waals surface area contributed by atoms with Crippen LogP contribution in [0.4, 0.5) is 0 Å². The predicted octanol–water partition coefficient (Wildman–Crippen LogP) is 6.09. The number of ether oxygens (including phenoxy) is 3. The molecule has 5 atom stereocenters. The van der Waals surface area contributed by atoms with Crippen molar-refractivity contribution in [2.45, 2.75) is 160 Å². The van der Waals surface area contributed by atoms with Gasteiger partial charge in [0, 0.05) is 12.2 Å². The topological polar surface area (TPSA) is 250 Å². The van der Waals surface area contributed by atoms with E-state index in [1.54, 1.807) is 62.3 Å². The van der Waals surface area contributed by atoms with Crippen molar-refractivity contribution in [3.8, 4) is 0 Å². The second-order valence-corrected chi connectivity index (χ2v) is 23.8. The van der Waals surface area contributed by atoms with E-state index in [-0.39, 0.29) is 30.9 Å². The monoisotopic (exact) mass is 1080 g/mol. The van der Waals surface area contributed by atoms with Gasteiger partial charge in [-0.15, -0.1) is 11.8 Å². The van der Waals surface area contributed by atoms with Crippen LogP contribution < -0.4 is 32.3 Å². The molecule has 0 heterocycles. The lowest BCUT2D eigenvalue weighted by Crippen LogP contribution is -2.58. The summed E-state index contributed by atoms with van der Waals surface area (Å²) < 4.78 is 15.7. The Bertz CT molecular complexity index is 2260. The summed E-state index contributed by atoms with van der Waals surface area (Å²) in [4.78, 5) is 110. The maximum atomic E-state index is 15.0. The Morgan fingerprint density at radius 3 is 1.47 bits per heavy atom. The van der Waals surface area contributed by atoms with E-state index in [2.05, 4.69) is 26.6 Å². The van der Waals surface area contributed by atoms with Gasteiger partial charge in [0.15, 0.2) is 0 Å². The lowest BCUT2D eigenvalue weighted by molar-refractivity contribution is -0.160. The van der Waals surface area contributed by atoms with Gasteiger partial charge in [0.25, 0.3) is 0 Å². The highest BCUT2D eigenvalue weighted by molar-refractivity contribution is 8.00. The zero-order valence-electron chi connectivity index (χ0n) is 45.7. The third kappa shape index (κ3) is 22.4. The van der Waals surface area contributed by atoms with Crippen molar-refractivity contribution in [3.05, 3.63) is 108 Å². The van der Waals surface area contributed by atoms with Crippen molar-refractivity contribution >= 4 is 71.0 Å². The normalized spacial score (nSPS) is 13.9. The highest BCUT2D eigenvalue weighted by atomic mass is 32.2.